The van der Waals surface area contributed by atoms with E-state index in [-0.39, 0.29) is 23.0 Å². The SMILES string of the molecule is C=CC(=O)Nc1cn(C)nc1-c1n[nH]c2c1CCC[C@@H](c1c(F)c(OC)cc(OC)c1F)C2. The summed E-state index contributed by atoms with van der Waals surface area (Å²) in [7, 11) is 4.42. The van der Waals surface area contributed by atoms with E-state index in [9.17, 15) is 4.79 Å². The average Bonchev–Trinajstić information content (AvgIpc) is 3.29. The van der Waals surface area contributed by atoms with E-state index in [2.05, 4.69) is 27.2 Å². The van der Waals surface area contributed by atoms with Crippen molar-refractivity contribution in [2.45, 2.75) is 31.6 Å². The van der Waals surface area contributed by atoms with Gasteiger partial charge in [-0.3, -0.25) is 14.6 Å². The molecule has 2 N–H and O–H groups in total. The molecule has 0 saturated carbocycles. The van der Waals surface area contributed by atoms with Gasteiger partial charge in [0.05, 0.1) is 19.9 Å². The van der Waals surface area contributed by atoms with Crippen molar-refractivity contribution in [3.8, 4) is 22.9 Å². The van der Waals surface area contributed by atoms with Gasteiger partial charge in [-0.25, -0.2) is 8.78 Å². The van der Waals surface area contributed by atoms with Crippen molar-refractivity contribution in [2.75, 3.05) is 19.5 Å². The number of hydrogen-bond acceptors (Lipinski definition) is 5. The first kappa shape index (κ1) is 22.5. The van der Waals surface area contributed by atoms with E-state index in [1.165, 1.54) is 26.4 Å². The van der Waals surface area contributed by atoms with E-state index in [0.29, 0.717) is 42.8 Å². The summed E-state index contributed by atoms with van der Waals surface area (Å²) in [5.74, 6) is -2.36. The Balaban J connectivity index is 1.73. The van der Waals surface area contributed by atoms with Gasteiger partial charge in [0.1, 0.15) is 11.4 Å². The Bertz CT molecular complexity index is 1190. The molecule has 33 heavy (non-hydrogen) atoms. The summed E-state index contributed by atoms with van der Waals surface area (Å²) in [4.78, 5) is 11.8. The summed E-state index contributed by atoms with van der Waals surface area (Å²) in [6, 6.07) is 1.21. The normalized spacial score (nSPS) is 15.5. The predicted octanol–water partition coefficient (Wildman–Crippen LogP) is 3.89. The maximum Gasteiger partial charge on any atom is 0.247 e. The topological polar surface area (TPSA) is 94.1 Å². The third-order valence-electron chi connectivity index (χ3n) is 5.89. The number of ether oxygens (including phenoxy) is 2. The monoisotopic (exact) mass is 457 g/mol. The average molecular weight is 457 g/mol. The highest BCUT2D eigenvalue weighted by Crippen LogP contribution is 2.41. The fraction of sp³-hybridized carbons (Fsp3) is 0.348. The number of nitrogens with zero attached hydrogens (tertiary/aromatic N) is 3. The number of aryl methyl sites for hydroxylation is 1. The van der Waals surface area contributed by atoms with Gasteiger partial charge in [0.25, 0.3) is 0 Å². The van der Waals surface area contributed by atoms with E-state index in [1.54, 1.807) is 17.9 Å². The number of aromatic nitrogens is 4. The van der Waals surface area contributed by atoms with Crippen LogP contribution in [0.25, 0.3) is 11.4 Å². The van der Waals surface area contributed by atoms with Crippen LogP contribution in [0.15, 0.2) is 24.9 Å². The highest BCUT2D eigenvalue weighted by atomic mass is 19.1. The zero-order valence-electron chi connectivity index (χ0n) is 18.7. The molecule has 0 saturated heterocycles. The molecule has 8 nitrogen and oxygen atoms in total. The van der Waals surface area contributed by atoms with Crippen LogP contribution in [-0.2, 0) is 24.7 Å². The number of H-pyrrole nitrogens is 1. The molecule has 0 fully saturated rings. The Morgan fingerprint density at radius 3 is 2.61 bits per heavy atom. The lowest BCUT2D eigenvalue weighted by molar-refractivity contribution is -0.111. The minimum absolute atomic E-state index is 0.0491. The van der Waals surface area contributed by atoms with Crippen LogP contribution in [0.3, 0.4) is 0 Å². The summed E-state index contributed by atoms with van der Waals surface area (Å²) in [6.07, 6.45) is 5.11. The molecule has 1 aromatic carbocycles. The van der Waals surface area contributed by atoms with Gasteiger partial charge in [0.2, 0.25) is 5.91 Å². The maximum atomic E-state index is 15.1. The third kappa shape index (κ3) is 4.08. The first-order valence-corrected chi connectivity index (χ1v) is 10.5. The lowest BCUT2D eigenvalue weighted by Crippen LogP contribution is -2.10. The first-order chi connectivity index (χ1) is 15.9. The number of benzene rings is 1. The zero-order valence-corrected chi connectivity index (χ0v) is 18.7. The smallest absolute Gasteiger partial charge is 0.247 e. The second-order valence-electron chi connectivity index (χ2n) is 7.90. The molecule has 0 spiro atoms. The molecule has 2 heterocycles. The van der Waals surface area contributed by atoms with Crippen molar-refractivity contribution in [3.63, 3.8) is 0 Å². The largest absolute Gasteiger partial charge is 0.494 e. The molecule has 1 amide bonds. The number of carbonyl (C=O) groups excluding carboxylic acids is 1. The number of methoxy groups -OCH3 is 2. The molecule has 1 aliphatic rings. The molecule has 10 heteroatoms. The molecule has 0 unspecified atom stereocenters. The van der Waals surface area contributed by atoms with E-state index in [4.69, 9.17) is 9.47 Å². The summed E-state index contributed by atoms with van der Waals surface area (Å²) >= 11 is 0. The highest BCUT2D eigenvalue weighted by Gasteiger charge is 2.31. The number of fused-ring (bicyclic) bond motifs is 1. The molecule has 1 aliphatic carbocycles. The minimum Gasteiger partial charge on any atom is -0.494 e. The number of anilines is 1. The van der Waals surface area contributed by atoms with E-state index in [1.807, 2.05) is 0 Å². The highest BCUT2D eigenvalue weighted by molar-refractivity contribution is 6.01. The number of carbonyl (C=O) groups is 1. The summed E-state index contributed by atoms with van der Waals surface area (Å²) in [5, 5.41) is 14.7. The van der Waals surface area contributed by atoms with Crippen molar-refractivity contribution in [2.24, 2.45) is 7.05 Å². The van der Waals surface area contributed by atoms with Crippen LogP contribution in [-0.4, -0.2) is 40.1 Å². The van der Waals surface area contributed by atoms with Crippen molar-refractivity contribution in [3.05, 3.63) is 53.4 Å². The van der Waals surface area contributed by atoms with E-state index < -0.39 is 17.6 Å². The van der Waals surface area contributed by atoms with Gasteiger partial charge in [-0.1, -0.05) is 6.58 Å². The molecule has 174 valence electrons. The molecule has 4 rings (SSSR count). The van der Waals surface area contributed by atoms with Crippen LogP contribution in [0.5, 0.6) is 11.5 Å². The van der Waals surface area contributed by atoms with Gasteiger partial charge in [-0.15, -0.1) is 0 Å². The lowest BCUT2D eigenvalue weighted by atomic mass is 9.90. The van der Waals surface area contributed by atoms with Gasteiger partial charge in [0, 0.05) is 36.1 Å². The van der Waals surface area contributed by atoms with Crippen molar-refractivity contribution >= 4 is 11.6 Å². The van der Waals surface area contributed by atoms with Crippen LogP contribution in [0.1, 0.15) is 35.6 Å². The standard InChI is InChI=1S/C23H25F2N5O3/c1-5-18(31)26-15-11-30(2)29-23(15)22-13-8-6-7-12(9-14(13)27-28-22)19-20(24)16(32-3)10-17(33-4)21(19)25/h5,10-12H,1,6-9H2,2-4H3,(H,26,31)(H,27,28)/t12-/m1/s1. The predicted molar refractivity (Wildman–Crippen MR) is 118 cm³/mol. The van der Waals surface area contributed by atoms with Crippen LogP contribution in [0.4, 0.5) is 14.5 Å². The number of amides is 1. The second-order valence-corrected chi connectivity index (χ2v) is 7.90. The van der Waals surface area contributed by atoms with Gasteiger partial charge < -0.3 is 14.8 Å². The van der Waals surface area contributed by atoms with Crippen LogP contribution >= 0.6 is 0 Å². The summed E-state index contributed by atoms with van der Waals surface area (Å²) in [5.41, 5.74) is 3.28. The molecule has 3 aromatic rings. The number of hydrogen-bond donors (Lipinski definition) is 2. The Morgan fingerprint density at radius 2 is 1.97 bits per heavy atom. The first-order valence-electron chi connectivity index (χ1n) is 10.5. The lowest BCUT2D eigenvalue weighted by Gasteiger charge is -2.19. The minimum atomic E-state index is -0.719. The van der Waals surface area contributed by atoms with Gasteiger partial charge >= 0.3 is 0 Å². The molecule has 0 bridgehead atoms. The fourth-order valence-electron chi connectivity index (χ4n) is 4.36. The number of halogens is 2. The third-order valence-corrected chi connectivity index (χ3v) is 5.89. The Morgan fingerprint density at radius 1 is 1.27 bits per heavy atom. The second kappa shape index (κ2) is 9.05. The molecule has 0 radical (unpaired) electrons. The number of aromatic amines is 1. The quantitative estimate of drug-likeness (QED) is 0.433. The molecule has 2 aromatic heterocycles. The molecule has 0 aliphatic heterocycles. The summed E-state index contributed by atoms with van der Waals surface area (Å²) < 4.78 is 42.0. The Kier molecular flexibility index (Phi) is 6.17. The van der Waals surface area contributed by atoms with Gasteiger partial charge in [-0.2, -0.15) is 10.2 Å². The van der Waals surface area contributed by atoms with E-state index >= 15 is 8.78 Å². The Hall–Kier alpha value is -3.69. The number of rotatable bonds is 6. The van der Waals surface area contributed by atoms with Crippen molar-refractivity contribution in [1.29, 1.82) is 0 Å². The van der Waals surface area contributed by atoms with Crippen molar-refractivity contribution in [1.82, 2.24) is 20.0 Å². The fourth-order valence-corrected chi connectivity index (χ4v) is 4.36. The zero-order chi connectivity index (χ0) is 23.7. The van der Waals surface area contributed by atoms with Crippen LogP contribution in [0.2, 0.25) is 0 Å². The molecular weight excluding hydrogens is 432 g/mol. The number of nitrogens with one attached hydrogen (secondary N) is 2. The molecular formula is C23H25F2N5O3. The Labute approximate surface area is 189 Å². The molecule has 1 atom stereocenters. The summed E-state index contributed by atoms with van der Waals surface area (Å²) in [6.45, 7) is 3.47. The van der Waals surface area contributed by atoms with Crippen LogP contribution < -0.4 is 14.8 Å². The maximum absolute atomic E-state index is 15.1. The van der Waals surface area contributed by atoms with Gasteiger partial charge in [0.15, 0.2) is 23.1 Å². The van der Waals surface area contributed by atoms with Gasteiger partial charge in [-0.05, 0) is 37.7 Å². The van der Waals surface area contributed by atoms with Crippen molar-refractivity contribution < 1.29 is 23.0 Å². The van der Waals surface area contributed by atoms with Crippen LogP contribution in [0, 0.1) is 11.6 Å². The van der Waals surface area contributed by atoms with E-state index in [0.717, 1.165) is 11.3 Å².